The summed E-state index contributed by atoms with van der Waals surface area (Å²) < 4.78 is 42.3. The van der Waals surface area contributed by atoms with E-state index < -0.39 is 36.4 Å². The van der Waals surface area contributed by atoms with E-state index in [-0.39, 0.29) is 19.6 Å². The maximum Gasteiger partial charge on any atom is 0.406 e. The predicted molar refractivity (Wildman–Crippen MR) is 63.0 cm³/mol. The van der Waals surface area contributed by atoms with Gasteiger partial charge in [0.1, 0.15) is 6.54 Å². The summed E-state index contributed by atoms with van der Waals surface area (Å²) in [6.45, 7) is 1.06. The number of aliphatic carboxylic acids is 1. The first-order chi connectivity index (χ1) is 9.26. The fraction of sp³-hybridized carbons (Fsp3) is 0.833. The zero-order valence-electron chi connectivity index (χ0n) is 11.2. The van der Waals surface area contributed by atoms with Gasteiger partial charge >= 0.3 is 12.1 Å². The molecule has 5 nitrogen and oxygen atoms in total. The standard InChI is InChI=1S/C12H18F3NO4/c1-2-20-5-3-4-16(7-12(13,14)15)10(17)8-6-9(8)11(18)19/h8-9H,2-7H2,1H3,(H,18,19)/t8-,9+/m1/s1. The maximum absolute atomic E-state index is 12.4. The Morgan fingerprint density at radius 3 is 2.45 bits per heavy atom. The van der Waals surface area contributed by atoms with Gasteiger partial charge in [0.25, 0.3) is 0 Å². The van der Waals surface area contributed by atoms with Crippen LogP contribution in [0.15, 0.2) is 0 Å². The number of nitrogens with zero attached hydrogens (tertiary/aromatic N) is 1. The second-order valence-corrected chi connectivity index (χ2v) is 4.71. The molecule has 0 unspecified atom stereocenters. The van der Waals surface area contributed by atoms with Crippen LogP contribution in [0.25, 0.3) is 0 Å². The van der Waals surface area contributed by atoms with Crippen molar-refractivity contribution in [1.29, 1.82) is 0 Å². The second-order valence-electron chi connectivity index (χ2n) is 4.71. The number of amides is 1. The van der Waals surface area contributed by atoms with Crippen molar-refractivity contribution < 1.29 is 32.6 Å². The van der Waals surface area contributed by atoms with Crippen LogP contribution in [-0.2, 0) is 14.3 Å². The highest BCUT2D eigenvalue weighted by molar-refractivity contribution is 5.89. The number of hydrogen-bond donors (Lipinski definition) is 1. The maximum atomic E-state index is 12.4. The SMILES string of the molecule is CCOCCCN(CC(F)(F)F)C(=O)[C@@H]1C[C@@H]1C(=O)O. The lowest BCUT2D eigenvalue weighted by atomic mass is 10.2. The molecule has 1 rings (SSSR count). The fourth-order valence-electron chi connectivity index (χ4n) is 1.96. The predicted octanol–water partition coefficient (Wildman–Crippen LogP) is 1.52. The summed E-state index contributed by atoms with van der Waals surface area (Å²) in [5, 5.41) is 8.72. The highest BCUT2D eigenvalue weighted by atomic mass is 19.4. The zero-order valence-corrected chi connectivity index (χ0v) is 11.2. The van der Waals surface area contributed by atoms with Crippen LogP contribution in [0.1, 0.15) is 19.8 Å². The van der Waals surface area contributed by atoms with Crippen LogP contribution in [-0.4, -0.2) is 54.4 Å². The van der Waals surface area contributed by atoms with Crippen LogP contribution in [0.2, 0.25) is 0 Å². The van der Waals surface area contributed by atoms with E-state index in [0.29, 0.717) is 17.9 Å². The Morgan fingerprint density at radius 2 is 2.00 bits per heavy atom. The molecule has 1 N–H and O–H groups in total. The number of carboxylic acid groups (broad SMARTS) is 1. The Kier molecular flexibility index (Phi) is 5.79. The molecule has 0 spiro atoms. The Bertz CT molecular complexity index is 359. The van der Waals surface area contributed by atoms with Gasteiger partial charge in [-0.15, -0.1) is 0 Å². The van der Waals surface area contributed by atoms with E-state index in [1.54, 1.807) is 6.92 Å². The molecule has 1 aliphatic carbocycles. The lowest BCUT2D eigenvalue weighted by Gasteiger charge is -2.24. The molecule has 1 fully saturated rings. The molecule has 116 valence electrons. The topological polar surface area (TPSA) is 66.8 Å². The minimum atomic E-state index is -4.49. The number of carboxylic acids is 1. The van der Waals surface area contributed by atoms with E-state index >= 15 is 0 Å². The third-order valence-electron chi connectivity index (χ3n) is 3.03. The van der Waals surface area contributed by atoms with E-state index in [4.69, 9.17) is 9.84 Å². The molecule has 8 heteroatoms. The molecule has 1 amide bonds. The quantitative estimate of drug-likeness (QED) is 0.690. The average molecular weight is 297 g/mol. The lowest BCUT2D eigenvalue weighted by molar-refractivity contribution is -0.163. The van der Waals surface area contributed by atoms with Crippen molar-refractivity contribution >= 4 is 11.9 Å². The van der Waals surface area contributed by atoms with Crippen LogP contribution in [0.4, 0.5) is 13.2 Å². The van der Waals surface area contributed by atoms with Crippen LogP contribution >= 0.6 is 0 Å². The number of halogens is 3. The number of carbonyl (C=O) groups excluding carboxylic acids is 1. The van der Waals surface area contributed by atoms with Crippen molar-refractivity contribution in [2.75, 3.05) is 26.3 Å². The molecule has 0 aromatic heterocycles. The normalized spacial score (nSPS) is 21.6. The molecule has 0 heterocycles. The van der Waals surface area contributed by atoms with E-state index in [2.05, 4.69) is 0 Å². The van der Waals surface area contributed by atoms with Crippen molar-refractivity contribution in [2.24, 2.45) is 11.8 Å². The third kappa shape index (κ3) is 5.36. The van der Waals surface area contributed by atoms with Gasteiger partial charge in [0.15, 0.2) is 0 Å². The summed E-state index contributed by atoms with van der Waals surface area (Å²) in [4.78, 5) is 23.2. The molecule has 1 saturated carbocycles. The van der Waals surface area contributed by atoms with Crippen molar-refractivity contribution in [2.45, 2.75) is 25.9 Å². The molecular weight excluding hydrogens is 279 g/mol. The van der Waals surface area contributed by atoms with Gasteiger partial charge < -0.3 is 14.7 Å². The van der Waals surface area contributed by atoms with Gasteiger partial charge in [-0.05, 0) is 19.8 Å². The zero-order chi connectivity index (χ0) is 15.3. The van der Waals surface area contributed by atoms with Crippen molar-refractivity contribution in [3.63, 3.8) is 0 Å². The van der Waals surface area contributed by atoms with Crippen molar-refractivity contribution in [3.8, 4) is 0 Å². The van der Waals surface area contributed by atoms with Gasteiger partial charge in [-0.3, -0.25) is 9.59 Å². The van der Waals surface area contributed by atoms with E-state index in [1.165, 1.54) is 0 Å². The summed E-state index contributed by atoms with van der Waals surface area (Å²) in [6, 6.07) is 0. The summed E-state index contributed by atoms with van der Waals surface area (Å²) >= 11 is 0. The largest absolute Gasteiger partial charge is 0.481 e. The number of ether oxygens (including phenoxy) is 1. The highest BCUT2D eigenvalue weighted by Crippen LogP contribution is 2.40. The molecule has 1 aliphatic rings. The minimum absolute atomic E-state index is 0.0822. The number of rotatable bonds is 8. The summed E-state index contributed by atoms with van der Waals surface area (Å²) in [7, 11) is 0. The van der Waals surface area contributed by atoms with Crippen LogP contribution < -0.4 is 0 Å². The monoisotopic (exact) mass is 297 g/mol. The van der Waals surface area contributed by atoms with Crippen LogP contribution in [0.5, 0.6) is 0 Å². The number of alkyl halides is 3. The van der Waals surface area contributed by atoms with Crippen molar-refractivity contribution in [3.05, 3.63) is 0 Å². The first-order valence-corrected chi connectivity index (χ1v) is 6.42. The third-order valence-corrected chi connectivity index (χ3v) is 3.03. The molecule has 20 heavy (non-hydrogen) atoms. The molecular formula is C12H18F3NO4. The lowest BCUT2D eigenvalue weighted by Crippen LogP contribution is -2.41. The van der Waals surface area contributed by atoms with Crippen molar-refractivity contribution in [1.82, 2.24) is 4.90 Å². The van der Waals surface area contributed by atoms with Gasteiger partial charge in [0.2, 0.25) is 5.91 Å². The molecule has 0 bridgehead atoms. The summed E-state index contributed by atoms with van der Waals surface area (Å²) in [5.74, 6) is -3.53. The average Bonchev–Trinajstić information content (AvgIpc) is 3.11. The minimum Gasteiger partial charge on any atom is -0.481 e. The molecule has 0 aromatic carbocycles. The van der Waals surface area contributed by atoms with E-state index in [1.807, 2.05) is 0 Å². The fourth-order valence-corrected chi connectivity index (χ4v) is 1.96. The summed E-state index contributed by atoms with van der Waals surface area (Å²) in [5.41, 5.74) is 0. The highest BCUT2D eigenvalue weighted by Gasteiger charge is 2.50. The van der Waals surface area contributed by atoms with Gasteiger partial charge in [-0.25, -0.2) is 0 Å². The first-order valence-electron chi connectivity index (χ1n) is 6.42. The molecule has 0 saturated heterocycles. The molecule has 0 radical (unpaired) electrons. The number of carbonyl (C=O) groups is 2. The van der Waals surface area contributed by atoms with E-state index in [9.17, 15) is 22.8 Å². The molecule has 0 aliphatic heterocycles. The van der Waals surface area contributed by atoms with Gasteiger partial charge in [-0.1, -0.05) is 0 Å². The first kappa shape index (κ1) is 16.7. The Labute approximate surface area is 114 Å². The van der Waals surface area contributed by atoms with Gasteiger partial charge in [-0.2, -0.15) is 13.2 Å². The smallest absolute Gasteiger partial charge is 0.406 e. The Balaban J connectivity index is 2.53. The van der Waals surface area contributed by atoms with Gasteiger partial charge in [0.05, 0.1) is 11.8 Å². The molecule has 2 atom stereocenters. The van der Waals surface area contributed by atoms with Crippen LogP contribution in [0, 0.1) is 11.8 Å². The van der Waals surface area contributed by atoms with E-state index in [0.717, 1.165) is 0 Å². The van der Waals surface area contributed by atoms with Crippen LogP contribution in [0.3, 0.4) is 0 Å². The Morgan fingerprint density at radius 1 is 1.35 bits per heavy atom. The summed E-state index contributed by atoms with van der Waals surface area (Å²) in [6.07, 6.45) is -4.08. The Hall–Kier alpha value is -1.31. The number of hydrogen-bond acceptors (Lipinski definition) is 3. The second kappa shape index (κ2) is 6.92. The molecule has 0 aromatic rings. The van der Waals surface area contributed by atoms with Gasteiger partial charge in [0, 0.05) is 19.8 Å².